The van der Waals surface area contributed by atoms with Crippen LogP contribution in [-0.4, -0.2) is 11.1 Å². The minimum absolute atomic E-state index is 0.142. The van der Waals surface area contributed by atoms with E-state index in [1.54, 1.807) is 0 Å². The second kappa shape index (κ2) is 7.09. The first-order valence-corrected chi connectivity index (χ1v) is 6.01. The largest absolute Gasteiger partial charge is 0.481 e. The Morgan fingerprint density at radius 2 is 1.88 bits per heavy atom. The molecule has 0 bridgehead atoms. The number of rotatable bonds is 8. The molecule has 0 aliphatic carbocycles. The number of aliphatic carboxylic acids is 1. The van der Waals surface area contributed by atoms with Crippen LogP contribution in [0.5, 0.6) is 0 Å². The number of aryl methyl sites for hydroxylation is 2. The van der Waals surface area contributed by atoms with Gasteiger partial charge < -0.3 is 9.52 Å². The first-order chi connectivity index (χ1) is 7.72. The van der Waals surface area contributed by atoms with Gasteiger partial charge in [0.1, 0.15) is 11.5 Å². The molecular formula is C13H20O3. The molecule has 0 aromatic carbocycles. The molecule has 0 saturated carbocycles. The van der Waals surface area contributed by atoms with Crippen LogP contribution in [0.25, 0.3) is 0 Å². The van der Waals surface area contributed by atoms with Crippen LogP contribution < -0.4 is 0 Å². The predicted octanol–water partition coefficient (Wildman–Crippen LogP) is 3.42. The average molecular weight is 224 g/mol. The van der Waals surface area contributed by atoms with Crippen LogP contribution in [-0.2, 0) is 17.6 Å². The topological polar surface area (TPSA) is 50.4 Å². The molecule has 0 aliphatic rings. The summed E-state index contributed by atoms with van der Waals surface area (Å²) in [6, 6.07) is 3.85. The van der Waals surface area contributed by atoms with Crippen molar-refractivity contribution in [1.82, 2.24) is 0 Å². The summed E-state index contributed by atoms with van der Waals surface area (Å²) in [6.45, 7) is 2.19. The molecule has 0 aliphatic heterocycles. The number of unbranched alkanes of at least 4 members (excludes halogenated alkanes) is 3. The Bertz CT molecular complexity index is 315. The van der Waals surface area contributed by atoms with Crippen molar-refractivity contribution >= 4 is 5.97 Å². The van der Waals surface area contributed by atoms with E-state index < -0.39 is 5.97 Å². The third kappa shape index (κ3) is 5.01. The second-order valence-corrected chi connectivity index (χ2v) is 4.07. The maximum absolute atomic E-state index is 10.4. The highest BCUT2D eigenvalue weighted by Crippen LogP contribution is 2.13. The van der Waals surface area contributed by atoms with Gasteiger partial charge in [0.2, 0.25) is 0 Å². The van der Waals surface area contributed by atoms with Crippen molar-refractivity contribution in [3.8, 4) is 0 Å². The molecule has 0 atom stereocenters. The van der Waals surface area contributed by atoms with Crippen molar-refractivity contribution in [2.75, 3.05) is 0 Å². The van der Waals surface area contributed by atoms with Crippen LogP contribution in [0.15, 0.2) is 16.5 Å². The SMILES string of the molecule is CCCCCCc1ccc(CCC(=O)O)o1. The molecule has 0 radical (unpaired) electrons. The molecule has 0 spiro atoms. The van der Waals surface area contributed by atoms with Crippen molar-refractivity contribution in [3.63, 3.8) is 0 Å². The number of carboxylic acid groups (broad SMARTS) is 1. The Kier molecular flexibility index (Phi) is 5.68. The van der Waals surface area contributed by atoms with Gasteiger partial charge in [-0.25, -0.2) is 0 Å². The molecule has 1 aromatic heterocycles. The zero-order chi connectivity index (χ0) is 11.8. The molecule has 0 fully saturated rings. The molecule has 0 saturated heterocycles. The molecule has 1 aromatic rings. The fourth-order valence-electron chi connectivity index (χ4n) is 1.65. The Labute approximate surface area is 96.5 Å². The summed E-state index contributed by atoms with van der Waals surface area (Å²) in [4.78, 5) is 10.4. The summed E-state index contributed by atoms with van der Waals surface area (Å²) in [5.41, 5.74) is 0. The van der Waals surface area contributed by atoms with E-state index in [9.17, 15) is 4.79 Å². The van der Waals surface area contributed by atoms with Crippen molar-refractivity contribution in [1.29, 1.82) is 0 Å². The monoisotopic (exact) mass is 224 g/mol. The molecule has 1 N–H and O–H groups in total. The van der Waals surface area contributed by atoms with Gasteiger partial charge in [0.05, 0.1) is 6.42 Å². The molecule has 3 heteroatoms. The standard InChI is InChI=1S/C13H20O3/c1-2-3-4-5-6-11-7-8-12(16-11)9-10-13(14)15/h7-8H,2-6,9-10H2,1H3,(H,14,15). The van der Waals surface area contributed by atoms with E-state index >= 15 is 0 Å². The van der Waals surface area contributed by atoms with Gasteiger partial charge in [-0.1, -0.05) is 26.2 Å². The lowest BCUT2D eigenvalue weighted by molar-refractivity contribution is -0.137. The molecule has 0 amide bonds. The van der Waals surface area contributed by atoms with Gasteiger partial charge in [-0.05, 0) is 18.6 Å². The van der Waals surface area contributed by atoms with E-state index in [4.69, 9.17) is 9.52 Å². The Hall–Kier alpha value is -1.25. The van der Waals surface area contributed by atoms with E-state index in [0.29, 0.717) is 6.42 Å². The summed E-state index contributed by atoms with van der Waals surface area (Å²) in [5.74, 6) is 0.991. The maximum atomic E-state index is 10.4. The van der Waals surface area contributed by atoms with Crippen LogP contribution in [0.1, 0.15) is 50.5 Å². The van der Waals surface area contributed by atoms with Crippen molar-refractivity contribution in [2.45, 2.75) is 51.9 Å². The molecule has 1 heterocycles. The van der Waals surface area contributed by atoms with E-state index in [2.05, 4.69) is 6.92 Å². The molecule has 0 unspecified atom stereocenters. The van der Waals surface area contributed by atoms with Gasteiger partial charge in [-0.15, -0.1) is 0 Å². The molecule has 1 rings (SSSR count). The highest BCUT2D eigenvalue weighted by atomic mass is 16.4. The van der Waals surface area contributed by atoms with Crippen molar-refractivity contribution < 1.29 is 14.3 Å². The predicted molar refractivity (Wildman–Crippen MR) is 62.5 cm³/mol. The first-order valence-electron chi connectivity index (χ1n) is 6.01. The normalized spacial score (nSPS) is 10.6. The molecule has 16 heavy (non-hydrogen) atoms. The zero-order valence-corrected chi connectivity index (χ0v) is 9.87. The highest BCUT2D eigenvalue weighted by molar-refractivity contribution is 5.66. The minimum Gasteiger partial charge on any atom is -0.481 e. The fourth-order valence-corrected chi connectivity index (χ4v) is 1.65. The highest BCUT2D eigenvalue weighted by Gasteiger charge is 2.04. The van der Waals surface area contributed by atoms with Gasteiger partial charge in [0, 0.05) is 12.8 Å². The summed E-state index contributed by atoms with van der Waals surface area (Å²) in [7, 11) is 0. The summed E-state index contributed by atoms with van der Waals surface area (Å²) in [5, 5.41) is 8.54. The third-order valence-corrected chi connectivity index (χ3v) is 2.58. The van der Waals surface area contributed by atoms with Crippen molar-refractivity contribution in [2.24, 2.45) is 0 Å². The number of hydrogen-bond acceptors (Lipinski definition) is 2. The average Bonchev–Trinajstić information content (AvgIpc) is 2.70. The lowest BCUT2D eigenvalue weighted by atomic mass is 10.1. The number of carbonyl (C=O) groups is 1. The lowest BCUT2D eigenvalue weighted by Gasteiger charge is -1.97. The molecule has 3 nitrogen and oxygen atoms in total. The maximum Gasteiger partial charge on any atom is 0.303 e. The van der Waals surface area contributed by atoms with E-state index in [1.807, 2.05) is 12.1 Å². The first kappa shape index (κ1) is 12.8. The van der Waals surface area contributed by atoms with E-state index in [-0.39, 0.29) is 6.42 Å². The summed E-state index contributed by atoms with van der Waals surface area (Å²) in [6.07, 6.45) is 6.50. The molecule has 90 valence electrons. The van der Waals surface area contributed by atoms with Gasteiger partial charge in [0.15, 0.2) is 0 Å². The molecular weight excluding hydrogens is 204 g/mol. The Morgan fingerprint density at radius 3 is 2.50 bits per heavy atom. The minimum atomic E-state index is -0.777. The van der Waals surface area contributed by atoms with Crippen LogP contribution in [0.2, 0.25) is 0 Å². The van der Waals surface area contributed by atoms with Gasteiger partial charge in [-0.2, -0.15) is 0 Å². The lowest BCUT2D eigenvalue weighted by Crippen LogP contribution is -1.96. The van der Waals surface area contributed by atoms with Crippen LogP contribution >= 0.6 is 0 Å². The van der Waals surface area contributed by atoms with E-state index in [1.165, 1.54) is 19.3 Å². The van der Waals surface area contributed by atoms with Crippen molar-refractivity contribution in [3.05, 3.63) is 23.7 Å². The van der Waals surface area contributed by atoms with Gasteiger partial charge >= 0.3 is 5.97 Å². The fraction of sp³-hybridized carbons (Fsp3) is 0.615. The third-order valence-electron chi connectivity index (χ3n) is 2.58. The van der Waals surface area contributed by atoms with Gasteiger partial charge in [0.25, 0.3) is 0 Å². The van der Waals surface area contributed by atoms with Crippen LogP contribution in [0.4, 0.5) is 0 Å². The second-order valence-electron chi connectivity index (χ2n) is 4.07. The number of furan rings is 1. The van der Waals surface area contributed by atoms with Gasteiger partial charge in [-0.3, -0.25) is 4.79 Å². The quantitative estimate of drug-likeness (QED) is 0.688. The van der Waals surface area contributed by atoms with Crippen LogP contribution in [0.3, 0.4) is 0 Å². The number of carboxylic acids is 1. The number of hydrogen-bond donors (Lipinski definition) is 1. The summed E-state index contributed by atoms with van der Waals surface area (Å²) >= 11 is 0. The summed E-state index contributed by atoms with van der Waals surface area (Å²) < 4.78 is 5.55. The Balaban J connectivity index is 2.25. The Morgan fingerprint density at radius 1 is 1.19 bits per heavy atom. The smallest absolute Gasteiger partial charge is 0.303 e. The van der Waals surface area contributed by atoms with Crippen LogP contribution in [0, 0.1) is 0 Å². The zero-order valence-electron chi connectivity index (χ0n) is 9.87. The van der Waals surface area contributed by atoms with E-state index in [0.717, 1.165) is 24.4 Å².